The summed E-state index contributed by atoms with van der Waals surface area (Å²) in [6.07, 6.45) is 29.9. The molecule has 3 rings (SSSR count). The fourth-order valence-corrected chi connectivity index (χ4v) is 6.71. The van der Waals surface area contributed by atoms with E-state index in [2.05, 4.69) is 77.2 Å². The molecule has 0 spiro atoms. The van der Waals surface area contributed by atoms with E-state index in [1.807, 2.05) is 6.92 Å². The van der Waals surface area contributed by atoms with E-state index in [0.717, 1.165) is 67.6 Å². The first-order chi connectivity index (χ1) is 25.8. The van der Waals surface area contributed by atoms with Crippen LogP contribution in [0.1, 0.15) is 185 Å². The van der Waals surface area contributed by atoms with Crippen LogP contribution in [-0.2, 0) is 48.6 Å². The monoisotopic (exact) mass is 781 g/mol. The first-order valence-corrected chi connectivity index (χ1v) is 21.7. The number of benzene rings is 3. The molecule has 0 bridgehead atoms. The molecule has 0 saturated carbocycles. The summed E-state index contributed by atoms with van der Waals surface area (Å²) in [6, 6.07) is 18.7. The number of aliphatic imine (C=N–C) groups is 2. The summed E-state index contributed by atoms with van der Waals surface area (Å²) in [7, 11) is 0. The quantitative estimate of drug-likeness (QED) is 0.0462. The molecule has 3 aromatic rings. The van der Waals surface area contributed by atoms with Crippen molar-refractivity contribution in [3.63, 3.8) is 0 Å². The van der Waals surface area contributed by atoms with Crippen molar-refractivity contribution < 1.29 is 26.7 Å². The SMILES string of the molecule is CCCCCCC(C=Nc1cc(CCCCC)cc(CCCCC)c1)=Nc1cc(CCCCC)cc(CCCCC)c1.CCCc1ccc([O-])c([O-])c1.[Ni+2]. The van der Waals surface area contributed by atoms with Gasteiger partial charge in [-0.2, -0.15) is 0 Å². The average Bonchev–Trinajstić information content (AvgIpc) is 3.14. The minimum Gasteiger partial charge on any atom is -0.873 e. The van der Waals surface area contributed by atoms with Crippen molar-refractivity contribution in [2.45, 2.75) is 189 Å². The zero-order valence-electron chi connectivity index (χ0n) is 35.1. The van der Waals surface area contributed by atoms with E-state index < -0.39 is 11.5 Å². The van der Waals surface area contributed by atoms with Crippen LogP contribution in [0.4, 0.5) is 11.4 Å². The van der Waals surface area contributed by atoms with Gasteiger partial charge >= 0.3 is 16.5 Å². The average molecular weight is 782 g/mol. The standard InChI is InChI=1S/C40H64N2.C9H12O2.Ni/c1-6-11-16-21-26-38(42-40-31-36(24-19-14-9-4)28-37(32-40)25-20-15-10-5)33-41-39-29-34(22-17-12-7-2)27-35(30-39)23-18-13-8-3;1-2-3-7-4-5-8(10)9(11)6-7;/h27-33H,6-26H2,1-5H3;4-6,10-11H,2-3H2,1H3;/q;;+2/p-2. The van der Waals surface area contributed by atoms with E-state index in [9.17, 15) is 10.2 Å². The van der Waals surface area contributed by atoms with Crippen LogP contribution in [0.2, 0.25) is 0 Å². The first-order valence-electron chi connectivity index (χ1n) is 21.7. The van der Waals surface area contributed by atoms with Crippen molar-refractivity contribution in [2.75, 3.05) is 0 Å². The van der Waals surface area contributed by atoms with Crippen molar-refractivity contribution in [3.05, 3.63) is 82.4 Å². The molecular weight excluding hydrogens is 707 g/mol. The van der Waals surface area contributed by atoms with E-state index in [1.165, 1.54) is 137 Å². The zero-order chi connectivity index (χ0) is 38.5. The second-order valence-corrected chi connectivity index (χ2v) is 15.0. The number of aryl methyl sites for hydroxylation is 5. The molecule has 0 radical (unpaired) electrons. The maximum atomic E-state index is 10.8. The molecule has 5 heteroatoms. The summed E-state index contributed by atoms with van der Waals surface area (Å²) in [5.74, 6) is -0.805. The van der Waals surface area contributed by atoms with E-state index in [0.29, 0.717) is 0 Å². The Morgan fingerprint density at radius 2 is 0.889 bits per heavy atom. The Bertz CT molecular complexity index is 1410. The molecule has 4 nitrogen and oxygen atoms in total. The summed E-state index contributed by atoms with van der Waals surface area (Å²) in [5.41, 5.74) is 10.1. The minimum atomic E-state index is -0.412. The van der Waals surface area contributed by atoms with E-state index in [1.54, 1.807) is 6.07 Å². The van der Waals surface area contributed by atoms with Gasteiger partial charge in [0.05, 0.1) is 17.1 Å². The van der Waals surface area contributed by atoms with Crippen molar-refractivity contribution >= 4 is 23.3 Å². The summed E-state index contributed by atoms with van der Waals surface area (Å²) in [4.78, 5) is 10.4. The van der Waals surface area contributed by atoms with Gasteiger partial charge in [0.1, 0.15) is 0 Å². The molecule has 0 atom stereocenters. The van der Waals surface area contributed by atoms with E-state index in [-0.39, 0.29) is 16.5 Å². The molecule has 0 amide bonds. The summed E-state index contributed by atoms with van der Waals surface area (Å²) >= 11 is 0. The number of nitrogens with zero attached hydrogens (tertiary/aromatic N) is 2. The van der Waals surface area contributed by atoms with Crippen LogP contribution in [0.15, 0.2) is 64.6 Å². The van der Waals surface area contributed by atoms with Crippen molar-refractivity contribution in [2.24, 2.45) is 9.98 Å². The van der Waals surface area contributed by atoms with Gasteiger partial charge in [-0.05, 0) is 123 Å². The van der Waals surface area contributed by atoms with Crippen molar-refractivity contribution in [1.29, 1.82) is 0 Å². The third kappa shape index (κ3) is 21.8. The van der Waals surface area contributed by atoms with Crippen LogP contribution in [-0.4, -0.2) is 11.9 Å². The van der Waals surface area contributed by atoms with Crippen LogP contribution in [0, 0.1) is 0 Å². The van der Waals surface area contributed by atoms with Crippen LogP contribution in [0.5, 0.6) is 11.5 Å². The summed E-state index contributed by atoms with van der Waals surface area (Å²) in [6.45, 7) is 13.5. The summed E-state index contributed by atoms with van der Waals surface area (Å²) in [5, 5.41) is 21.5. The van der Waals surface area contributed by atoms with Gasteiger partial charge in [0.25, 0.3) is 0 Å². The van der Waals surface area contributed by atoms with E-state index in [4.69, 9.17) is 9.98 Å². The van der Waals surface area contributed by atoms with Gasteiger partial charge in [-0.25, -0.2) is 0 Å². The second kappa shape index (κ2) is 31.3. The molecule has 54 heavy (non-hydrogen) atoms. The van der Waals surface area contributed by atoms with Gasteiger partial charge in [0.15, 0.2) is 0 Å². The predicted molar refractivity (Wildman–Crippen MR) is 229 cm³/mol. The number of hydrogen-bond acceptors (Lipinski definition) is 4. The third-order valence-corrected chi connectivity index (χ3v) is 9.82. The molecule has 0 N–H and O–H groups in total. The molecule has 0 aromatic heterocycles. The van der Waals surface area contributed by atoms with Gasteiger partial charge < -0.3 is 10.2 Å². The Kier molecular flexibility index (Phi) is 28.5. The van der Waals surface area contributed by atoms with Crippen molar-refractivity contribution in [1.82, 2.24) is 0 Å². The molecule has 302 valence electrons. The van der Waals surface area contributed by atoms with Gasteiger partial charge in [0.2, 0.25) is 0 Å². The summed E-state index contributed by atoms with van der Waals surface area (Å²) < 4.78 is 0. The van der Waals surface area contributed by atoms with Gasteiger partial charge in [-0.1, -0.05) is 149 Å². The fraction of sp³-hybridized carbons (Fsp3) is 0.592. The van der Waals surface area contributed by atoms with Crippen LogP contribution in [0.25, 0.3) is 0 Å². The Balaban J connectivity index is 0.00000104. The Hall–Kier alpha value is -2.91. The molecule has 0 fully saturated rings. The number of rotatable bonds is 26. The van der Waals surface area contributed by atoms with Gasteiger partial charge in [0, 0.05) is 6.21 Å². The van der Waals surface area contributed by atoms with Gasteiger partial charge in [-0.3, -0.25) is 9.98 Å². The topological polar surface area (TPSA) is 70.8 Å². The van der Waals surface area contributed by atoms with Crippen LogP contribution < -0.4 is 10.2 Å². The molecule has 0 unspecified atom stereocenters. The number of unbranched alkanes of at least 4 members (excludes halogenated alkanes) is 11. The molecule has 0 saturated heterocycles. The fourth-order valence-electron chi connectivity index (χ4n) is 6.71. The van der Waals surface area contributed by atoms with Crippen molar-refractivity contribution in [3.8, 4) is 11.5 Å². The molecule has 3 aromatic carbocycles. The first kappa shape index (κ1) is 49.1. The maximum absolute atomic E-state index is 10.8. The van der Waals surface area contributed by atoms with Crippen LogP contribution in [0.3, 0.4) is 0 Å². The van der Waals surface area contributed by atoms with E-state index >= 15 is 0 Å². The Morgan fingerprint density at radius 1 is 0.444 bits per heavy atom. The molecule has 0 aliphatic carbocycles. The molecule has 0 heterocycles. The number of hydrogen-bond donors (Lipinski definition) is 0. The Labute approximate surface area is 341 Å². The largest absolute Gasteiger partial charge is 2.00 e. The second-order valence-electron chi connectivity index (χ2n) is 15.0. The Morgan fingerprint density at radius 3 is 1.31 bits per heavy atom. The molecule has 0 aliphatic rings. The predicted octanol–water partition coefficient (Wildman–Crippen LogP) is 13.8. The normalized spacial score (nSPS) is 11.4. The molecule has 0 aliphatic heterocycles. The maximum Gasteiger partial charge on any atom is 2.00 e. The molecular formula is C49H74N2NiO2. The smallest absolute Gasteiger partial charge is 0.873 e. The van der Waals surface area contributed by atoms with Crippen LogP contribution >= 0.6 is 0 Å². The van der Waals surface area contributed by atoms with Gasteiger partial charge in [-0.15, -0.1) is 11.5 Å². The zero-order valence-corrected chi connectivity index (χ0v) is 36.1. The minimum absolute atomic E-state index is 0. The third-order valence-electron chi connectivity index (χ3n) is 9.82.